The second-order valence-corrected chi connectivity index (χ2v) is 7.35. The molecule has 8 nitrogen and oxygen atoms in total. The van der Waals surface area contributed by atoms with Crippen molar-refractivity contribution in [3.63, 3.8) is 0 Å². The summed E-state index contributed by atoms with van der Waals surface area (Å²) in [6, 6.07) is 3.74. The number of esters is 1. The molecule has 0 N–H and O–H groups in total. The Labute approximate surface area is 168 Å². The monoisotopic (exact) mass is 401 g/mol. The van der Waals surface area contributed by atoms with Crippen molar-refractivity contribution in [1.29, 1.82) is 0 Å². The fourth-order valence-corrected chi connectivity index (χ4v) is 4.00. The highest BCUT2D eigenvalue weighted by molar-refractivity contribution is 7.99. The van der Waals surface area contributed by atoms with Crippen LogP contribution in [0.1, 0.15) is 12.8 Å². The zero-order chi connectivity index (χ0) is 19.9. The molecule has 1 aliphatic rings. The summed E-state index contributed by atoms with van der Waals surface area (Å²) in [6.07, 6.45) is 6.47. The maximum Gasteiger partial charge on any atom is 0.308 e. The third-order valence-corrected chi connectivity index (χ3v) is 5.63. The van der Waals surface area contributed by atoms with Crippen LogP contribution in [0.4, 0.5) is 0 Å². The fourth-order valence-electron chi connectivity index (χ4n) is 3.15. The smallest absolute Gasteiger partial charge is 0.308 e. The van der Waals surface area contributed by atoms with Crippen LogP contribution >= 0.6 is 11.8 Å². The molecule has 3 heterocycles. The van der Waals surface area contributed by atoms with Gasteiger partial charge in [-0.1, -0.05) is 17.8 Å². The summed E-state index contributed by atoms with van der Waals surface area (Å²) in [6.45, 7) is 5.49. The Kier molecular flexibility index (Phi) is 6.80. The summed E-state index contributed by atoms with van der Waals surface area (Å²) in [5, 5.41) is 9.20. The van der Waals surface area contributed by atoms with E-state index >= 15 is 0 Å². The highest BCUT2D eigenvalue weighted by Crippen LogP contribution is 2.25. The van der Waals surface area contributed by atoms with Crippen molar-refractivity contribution >= 4 is 23.6 Å². The Hall–Kier alpha value is -2.68. The number of ether oxygens (including phenoxy) is 1. The third kappa shape index (κ3) is 4.59. The zero-order valence-electron chi connectivity index (χ0n) is 15.8. The number of carbonyl (C=O) groups excluding carboxylic acids is 2. The van der Waals surface area contributed by atoms with Gasteiger partial charge in [-0.3, -0.25) is 19.1 Å². The molecule has 1 fully saturated rings. The lowest BCUT2D eigenvalue weighted by molar-refractivity contribution is -0.148. The van der Waals surface area contributed by atoms with Gasteiger partial charge in [0.25, 0.3) is 0 Å². The van der Waals surface area contributed by atoms with E-state index in [-0.39, 0.29) is 23.5 Å². The minimum atomic E-state index is -0.192. The molecule has 0 saturated carbocycles. The topological polar surface area (TPSA) is 90.2 Å². The number of carbonyl (C=O) groups is 2. The number of pyridine rings is 1. The quantitative estimate of drug-likeness (QED) is 0.398. The molecule has 1 saturated heterocycles. The van der Waals surface area contributed by atoms with E-state index in [0.29, 0.717) is 37.6 Å². The molecule has 28 heavy (non-hydrogen) atoms. The van der Waals surface area contributed by atoms with Gasteiger partial charge in [0.1, 0.15) is 0 Å². The molecule has 0 spiro atoms. The molecule has 1 amide bonds. The molecule has 148 valence electrons. The van der Waals surface area contributed by atoms with E-state index in [0.717, 1.165) is 11.4 Å². The Bertz CT molecular complexity index is 831. The first kappa shape index (κ1) is 20.1. The third-order valence-electron chi connectivity index (χ3n) is 4.67. The number of hydrogen-bond donors (Lipinski definition) is 0. The first-order valence-corrected chi connectivity index (χ1v) is 10.1. The number of nitrogens with zero attached hydrogens (tertiary/aromatic N) is 5. The molecule has 0 atom stereocenters. The van der Waals surface area contributed by atoms with Gasteiger partial charge in [0.2, 0.25) is 5.91 Å². The lowest BCUT2D eigenvalue weighted by Crippen LogP contribution is -2.41. The van der Waals surface area contributed by atoms with Crippen LogP contribution in [0, 0.1) is 5.92 Å². The Morgan fingerprint density at radius 2 is 2.00 bits per heavy atom. The standard InChI is InChI=1S/C19H23N5O3S/c1-3-10-24-17(14-4-8-20-9-5-14)21-22-19(24)28-13-16(25)23-11-6-15(7-12-23)18(26)27-2/h3-5,8-9,15H,1,6-7,10-13H2,2H3. The average Bonchev–Trinajstić information content (AvgIpc) is 3.15. The predicted octanol–water partition coefficient (Wildman–Crippen LogP) is 2.03. The molecule has 0 unspecified atom stereocenters. The summed E-state index contributed by atoms with van der Waals surface area (Å²) in [4.78, 5) is 30.0. The molecule has 0 radical (unpaired) electrons. The molecule has 3 rings (SSSR count). The summed E-state index contributed by atoms with van der Waals surface area (Å²) in [5.74, 6) is 0.722. The van der Waals surface area contributed by atoms with Crippen LogP contribution < -0.4 is 0 Å². The number of allylic oxidation sites excluding steroid dienone is 1. The van der Waals surface area contributed by atoms with Crippen molar-refractivity contribution in [2.45, 2.75) is 24.5 Å². The van der Waals surface area contributed by atoms with Gasteiger partial charge in [-0.05, 0) is 25.0 Å². The first-order valence-electron chi connectivity index (χ1n) is 9.07. The zero-order valence-corrected chi connectivity index (χ0v) is 16.6. The number of methoxy groups -OCH3 is 1. The first-order chi connectivity index (χ1) is 13.6. The minimum absolute atomic E-state index is 0.0342. The van der Waals surface area contributed by atoms with E-state index in [9.17, 15) is 9.59 Å². The minimum Gasteiger partial charge on any atom is -0.469 e. The van der Waals surface area contributed by atoms with Crippen LogP contribution in [-0.2, 0) is 20.9 Å². The van der Waals surface area contributed by atoms with Gasteiger partial charge in [0.05, 0.1) is 18.8 Å². The maximum absolute atomic E-state index is 12.6. The lowest BCUT2D eigenvalue weighted by atomic mass is 9.97. The highest BCUT2D eigenvalue weighted by atomic mass is 32.2. The summed E-state index contributed by atoms with van der Waals surface area (Å²) < 4.78 is 6.72. The number of hydrogen-bond acceptors (Lipinski definition) is 7. The molecule has 9 heteroatoms. The number of piperidine rings is 1. The molecule has 0 aromatic carbocycles. The number of aromatic nitrogens is 4. The maximum atomic E-state index is 12.6. The van der Waals surface area contributed by atoms with Gasteiger partial charge in [0, 0.05) is 37.6 Å². The molecule has 2 aromatic heterocycles. The lowest BCUT2D eigenvalue weighted by Gasteiger charge is -2.30. The van der Waals surface area contributed by atoms with E-state index in [1.54, 1.807) is 23.4 Å². The predicted molar refractivity (Wildman–Crippen MR) is 105 cm³/mol. The van der Waals surface area contributed by atoms with Crippen molar-refractivity contribution in [3.05, 3.63) is 37.2 Å². The van der Waals surface area contributed by atoms with Crippen LogP contribution in [0.25, 0.3) is 11.4 Å². The molecule has 0 aliphatic carbocycles. The summed E-state index contributed by atoms with van der Waals surface area (Å²) >= 11 is 1.36. The molecular formula is C19H23N5O3S. The van der Waals surface area contributed by atoms with E-state index in [1.165, 1.54) is 18.9 Å². The molecule has 2 aromatic rings. The molecular weight excluding hydrogens is 378 g/mol. The average molecular weight is 401 g/mol. The van der Waals surface area contributed by atoms with Crippen molar-refractivity contribution in [2.24, 2.45) is 5.92 Å². The highest BCUT2D eigenvalue weighted by Gasteiger charge is 2.28. The van der Waals surface area contributed by atoms with E-state index in [2.05, 4.69) is 21.8 Å². The molecule has 0 bridgehead atoms. The van der Waals surface area contributed by atoms with Crippen LogP contribution in [0.2, 0.25) is 0 Å². The second kappa shape index (κ2) is 9.50. The number of thioether (sulfide) groups is 1. The van der Waals surface area contributed by atoms with Crippen molar-refractivity contribution in [1.82, 2.24) is 24.6 Å². The van der Waals surface area contributed by atoms with Crippen LogP contribution in [0.5, 0.6) is 0 Å². The number of likely N-dealkylation sites (tertiary alicyclic amines) is 1. The number of rotatable bonds is 7. The van der Waals surface area contributed by atoms with Crippen LogP contribution in [0.15, 0.2) is 42.3 Å². The van der Waals surface area contributed by atoms with Crippen LogP contribution in [-0.4, -0.2) is 62.5 Å². The van der Waals surface area contributed by atoms with Crippen LogP contribution in [0.3, 0.4) is 0 Å². The van der Waals surface area contributed by atoms with Gasteiger partial charge in [-0.15, -0.1) is 16.8 Å². The van der Waals surface area contributed by atoms with Crippen molar-refractivity contribution in [3.8, 4) is 11.4 Å². The Morgan fingerprint density at radius 1 is 1.29 bits per heavy atom. The SMILES string of the molecule is C=CCn1c(SCC(=O)N2CCC(C(=O)OC)CC2)nnc1-c1ccncc1. The normalized spacial score (nSPS) is 14.7. The fraction of sp³-hybridized carbons (Fsp3) is 0.421. The Balaban J connectivity index is 1.62. The van der Waals surface area contributed by atoms with E-state index < -0.39 is 0 Å². The summed E-state index contributed by atoms with van der Waals surface area (Å²) in [5.41, 5.74) is 0.910. The number of amides is 1. The van der Waals surface area contributed by atoms with Gasteiger partial charge >= 0.3 is 5.97 Å². The van der Waals surface area contributed by atoms with E-state index in [4.69, 9.17) is 4.74 Å². The Morgan fingerprint density at radius 3 is 2.64 bits per heavy atom. The largest absolute Gasteiger partial charge is 0.469 e. The van der Waals surface area contributed by atoms with Crippen molar-refractivity contribution in [2.75, 3.05) is 26.0 Å². The van der Waals surface area contributed by atoms with Gasteiger partial charge < -0.3 is 9.64 Å². The molecule has 1 aliphatic heterocycles. The van der Waals surface area contributed by atoms with Gasteiger partial charge in [-0.2, -0.15) is 0 Å². The van der Waals surface area contributed by atoms with E-state index in [1.807, 2.05) is 16.7 Å². The van der Waals surface area contributed by atoms with Gasteiger partial charge in [0.15, 0.2) is 11.0 Å². The second-order valence-electron chi connectivity index (χ2n) is 6.41. The van der Waals surface area contributed by atoms with Crippen molar-refractivity contribution < 1.29 is 14.3 Å². The summed E-state index contributed by atoms with van der Waals surface area (Å²) in [7, 11) is 1.40. The van der Waals surface area contributed by atoms with Gasteiger partial charge in [-0.25, -0.2) is 0 Å².